The van der Waals surface area contributed by atoms with E-state index in [1.807, 2.05) is 171 Å². The number of nitrogens with zero attached hydrogens (tertiary/aromatic N) is 2. The number of rotatable bonds is 24. The number of aliphatic hydroxyl groups is 2. The van der Waals surface area contributed by atoms with Gasteiger partial charge in [-0.25, -0.2) is 9.97 Å². The SMILES string of the molecule is CC(C)(O)c1ccccc1CC[C@@H](SCC1(CC(=O)[O-])CC1)c1cccc(/C=C/c2ccc3ccc(Cl)cc3n2)c1.CC(C)(O)c1ccccc1CC[C@H](OS(C)(=O)=O)c1cccc(/C=C/c2ccc3ccc(Cl)cc3n2)c1.CC1CCCCC1.I[I-]I.O=C([O-])CC1(C[S-])CC1.[I][V][I].[Li+].[Li+].[NH4+]. The molecule has 2 aromatic heterocycles. The number of halogens is 7. The summed E-state index contributed by atoms with van der Waals surface area (Å²) in [5, 5.41) is 46.2. The zero-order valence-corrected chi connectivity index (χ0v) is 76.2. The van der Waals surface area contributed by atoms with E-state index < -0.39 is 39.4 Å². The van der Waals surface area contributed by atoms with Crippen molar-refractivity contribution >= 4 is 193 Å². The van der Waals surface area contributed by atoms with Crippen molar-refractivity contribution in [2.24, 2.45) is 16.7 Å². The number of carboxylic acid groups (broad SMARTS) is 2. The minimum atomic E-state index is -3.70. The largest absolute Gasteiger partial charge is 1.00 e. The van der Waals surface area contributed by atoms with Gasteiger partial charge in [0.05, 0.1) is 39.9 Å². The van der Waals surface area contributed by atoms with E-state index in [0.29, 0.717) is 51.4 Å². The van der Waals surface area contributed by atoms with E-state index in [1.165, 1.54) is 37.7 Å². The molecule has 11 rings (SSSR count). The van der Waals surface area contributed by atoms with Crippen LogP contribution >= 0.6 is 112 Å². The molecule has 3 saturated carbocycles. The molecular formula is C78H91Cl2I5Li2N3O9S3V-. The second kappa shape index (κ2) is 48.1. The standard InChI is InChI=1S/C35H36ClNO3S.C30H30ClNO4S.C7H14.C6H10O2S.I3.2HI.2Li.H3N.V/c1-34(2,40)30-9-4-3-7-25(30)13-17-32(41-23-35(18-19-35)22-33(38)39)27-8-5-6-24(20-27)10-15-29-16-12-26-11-14-28(36)21-31(26)37-29;1-30(2,33)27-10-5-4-8-22(27)14-18-29(36-37(3,34)35)24-9-6-7-21(19-24)11-16-26-17-13-23-12-15-25(31)20-28(23)32-26;1-7-5-3-2-4-6-7;7-5(8)3-6(4-9)1-2-6;1-3-2;;;;;;/h3-12,14-16,20-21,32,40H,13,17-19,22-23H2,1-2H3,(H,38,39);4-13,15-17,19-20,29,33H,14,18H2,1-3H3;7H,2-6H2,1H3;9H,1-4H2,(H,7,8);;2*1H;;;1H3;/q;;;;-1;;;2*+1;;+2/p-4/b15-10+;16-11+;;;;;;;;;/t32-;29-;;;;;;;;;/m10........./s1. The van der Waals surface area contributed by atoms with Gasteiger partial charge in [-0.15, -0.1) is 0 Å². The van der Waals surface area contributed by atoms with Crippen LogP contribution in [0.5, 0.6) is 0 Å². The van der Waals surface area contributed by atoms with E-state index in [4.69, 9.17) is 45.0 Å². The van der Waals surface area contributed by atoms with Gasteiger partial charge in [-0.05, 0) is 214 Å². The first-order valence-corrected chi connectivity index (χ1v) is 58.8. The number of pyridine rings is 2. The molecular weight excluding hydrogens is 1990 g/mol. The Balaban J connectivity index is 0.000000404. The maximum Gasteiger partial charge on any atom is 1.00 e. The maximum atomic E-state index is 12.1. The maximum absolute atomic E-state index is 12.1. The molecule has 547 valence electrons. The Hall–Kier alpha value is -0.941. The monoisotopic (exact) mass is 2080 g/mol. The average molecular weight is 2080 g/mol. The summed E-state index contributed by atoms with van der Waals surface area (Å²) in [6.45, 7) is 9.49. The van der Waals surface area contributed by atoms with E-state index in [2.05, 4.69) is 126 Å². The number of carbonyl (C=O) groups excluding carboxylic acids is 2. The summed E-state index contributed by atoms with van der Waals surface area (Å²) in [6.07, 6.45) is 22.5. The van der Waals surface area contributed by atoms with E-state index in [9.17, 15) is 38.4 Å². The topological polar surface area (TPSA) is 226 Å². The molecule has 0 aliphatic heterocycles. The van der Waals surface area contributed by atoms with Gasteiger partial charge in [0, 0.05) is 38.0 Å². The Morgan fingerprint density at radius 1 is 0.660 bits per heavy atom. The summed E-state index contributed by atoms with van der Waals surface area (Å²) >= 11 is 28.9. The first kappa shape index (κ1) is 96.3. The van der Waals surface area contributed by atoms with Crippen molar-refractivity contribution in [3.8, 4) is 0 Å². The Labute approximate surface area is 714 Å². The molecule has 0 bridgehead atoms. The molecule has 6 N–H and O–H groups in total. The Morgan fingerprint density at radius 3 is 1.48 bits per heavy atom. The number of aryl methyl sites for hydroxylation is 2. The number of aromatic nitrogens is 2. The molecule has 12 nitrogen and oxygen atoms in total. The van der Waals surface area contributed by atoms with Gasteiger partial charge < -0.3 is 48.8 Å². The number of aliphatic carboxylic acids is 2. The first-order chi connectivity index (χ1) is 47.5. The van der Waals surface area contributed by atoms with Crippen molar-refractivity contribution in [2.75, 3.05) is 17.8 Å². The zero-order chi connectivity index (χ0) is 73.1. The van der Waals surface area contributed by atoms with Crippen LogP contribution in [0.25, 0.3) is 46.1 Å². The van der Waals surface area contributed by atoms with Crippen LogP contribution in [0.3, 0.4) is 0 Å². The van der Waals surface area contributed by atoms with Gasteiger partial charge >= 0.3 is 138 Å². The molecule has 3 aliphatic carbocycles. The van der Waals surface area contributed by atoms with Crippen molar-refractivity contribution in [3.05, 3.63) is 224 Å². The van der Waals surface area contributed by atoms with Crippen molar-refractivity contribution in [2.45, 2.75) is 153 Å². The quantitative estimate of drug-likeness (QED) is 0.0222. The van der Waals surface area contributed by atoms with Gasteiger partial charge in [0.1, 0.15) is 6.10 Å². The second-order valence-electron chi connectivity index (χ2n) is 26.9. The molecule has 0 radical (unpaired) electrons. The summed E-state index contributed by atoms with van der Waals surface area (Å²) in [5.74, 6) is 0.477. The van der Waals surface area contributed by atoms with Crippen LogP contribution in [0.2, 0.25) is 10.0 Å². The van der Waals surface area contributed by atoms with Crippen LogP contribution in [0.4, 0.5) is 0 Å². The Bertz CT molecular complexity index is 4130. The summed E-state index contributed by atoms with van der Waals surface area (Å²) in [7, 11) is -3.07. The zero-order valence-electron chi connectivity index (χ0n) is 60.0. The van der Waals surface area contributed by atoms with Crippen LogP contribution in [0.1, 0.15) is 185 Å². The summed E-state index contributed by atoms with van der Waals surface area (Å²) in [5.41, 5.74) is 9.01. The number of carboxylic acids is 2. The summed E-state index contributed by atoms with van der Waals surface area (Å²) < 4.78 is 29.7. The van der Waals surface area contributed by atoms with Gasteiger partial charge in [-0.2, -0.15) is 25.9 Å². The van der Waals surface area contributed by atoms with Crippen LogP contribution in [-0.2, 0) is 70.0 Å². The Kier molecular flexibility index (Phi) is 44.9. The number of hydrogen-bond acceptors (Lipinski definition) is 13. The molecule has 3 fully saturated rings. The van der Waals surface area contributed by atoms with E-state index >= 15 is 0 Å². The van der Waals surface area contributed by atoms with Crippen LogP contribution in [0, 0.1) is 16.7 Å². The van der Waals surface area contributed by atoms with Crippen molar-refractivity contribution in [1.29, 1.82) is 0 Å². The number of carbonyl (C=O) groups is 2. The smallest absolute Gasteiger partial charge is 0.369 e. The molecule has 103 heavy (non-hydrogen) atoms. The minimum absolute atomic E-state index is 0. The van der Waals surface area contributed by atoms with Crippen LogP contribution < -0.4 is 67.3 Å². The van der Waals surface area contributed by atoms with E-state index in [0.717, 1.165) is 129 Å². The second-order valence-corrected chi connectivity index (χ2v) is 58.8. The van der Waals surface area contributed by atoms with Crippen LogP contribution in [0.15, 0.2) is 158 Å². The number of benzene rings is 6. The molecule has 25 heteroatoms. The average Bonchev–Trinajstić information content (AvgIpc) is 1.75. The number of hydrogen-bond donors (Lipinski definition) is 3. The van der Waals surface area contributed by atoms with Crippen LogP contribution in [-0.4, -0.2) is 58.3 Å². The third kappa shape index (κ3) is 35.5. The molecule has 2 heterocycles. The normalized spacial score (nSPS) is 14.8. The van der Waals surface area contributed by atoms with Gasteiger partial charge in [-0.1, -0.05) is 190 Å². The Morgan fingerprint density at radius 2 is 1.08 bits per heavy atom. The van der Waals surface area contributed by atoms with Crippen molar-refractivity contribution in [1.82, 2.24) is 16.1 Å². The van der Waals surface area contributed by atoms with Crippen molar-refractivity contribution < 1.29 is 103 Å². The van der Waals surface area contributed by atoms with Gasteiger partial charge in [0.2, 0.25) is 0 Å². The number of thioether (sulfide) groups is 1. The fourth-order valence-electron chi connectivity index (χ4n) is 11.9. The molecule has 0 spiro atoms. The third-order valence-corrected chi connectivity index (χ3v) is 20.9. The molecule has 0 unspecified atom stereocenters. The fraction of sp³-hybridized carbons (Fsp3) is 0.385. The minimum Gasteiger partial charge on any atom is -0.369 e. The number of fused-ring (bicyclic) bond motifs is 2. The predicted molar refractivity (Wildman–Crippen MR) is 447 cm³/mol. The molecule has 3 aliphatic rings. The van der Waals surface area contributed by atoms with E-state index in [-0.39, 0.29) is 72.8 Å². The third-order valence-electron chi connectivity index (χ3n) is 17.5. The number of quaternary nitrogens is 1. The molecule has 6 aromatic carbocycles. The van der Waals surface area contributed by atoms with Gasteiger partial charge in [0.15, 0.2) is 0 Å². The molecule has 0 saturated heterocycles. The molecule has 0 amide bonds. The summed E-state index contributed by atoms with van der Waals surface area (Å²) in [6, 6.07) is 51.2. The fourth-order valence-corrected chi connectivity index (χ4v) is 14.8. The predicted octanol–water partition coefficient (Wildman–Crippen LogP) is 11.5. The van der Waals surface area contributed by atoms with Gasteiger partial charge in [0.25, 0.3) is 10.1 Å². The van der Waals surface area contributed by atoms with Gasteiger partial charge in [-0.3, -0.25) is 4.18 Å². The van der Waals surface area contributed by atoms with Crippen molar-refractivity contribution in [3.63, 3.8) is 0 Å². The van der Waals surface area contributed by atoms with E-state index in [1.54, 1.807) is 13.8 Å². The molecule has 8 aromatic rings. The first-order valence-electron chi connectivity index (χ1n) is 33.1. The molecule has 2 atom stereocenters. The summed E-state index contributed by atoms with van der Waals surface area (Å²) in [4.78, 5) is 30.8.